The minimum absolute atomic E-state index is 0.0470. The number of nitrogens with one attached hydrogen (secondary N) is 2. The second kappa shape index (κ2) is 8.25. The molecule has 0 aliphatic heterocycles. The van der Waals surface area contributed by atoms with Crippen molar-refractivity contribution in [3.05, 3.63) is 77.5 Å². The van der Waals surface area contributed by atoms with Crippen LogP contribution in [0.4, 0.5) is 4.79 Å². The fourth-order valence-electron chi connectivity index (χ4n) is 3.71. The molecule has 0 radical (unpaired) electrons. The summed E-state index contributed by atoms with van der Waals surface area (Å²) in [5, 5.41) is 5.98. The molecule has 6 nitrogen and oxygen atoms in total. The molecule has 28 heavy (non-hydrogen) atoms. The third kappa shape index (κ3) is 4.06. The minimum atomic E-state index is -0.189. The molecule has 4 rings (SSSR count). The molecule has 0 saturated heterocycles. The normalized spacial score (nSPS) is 14.2. The first kappa shape index (κ1) is 18.2. The van der Waals surface area contributed by atoms with E-state index in [1.807, 2.05) is 29.8 Å². The Hall–Kier alpha value is -3.15. The highest BCUT2D eigenvalue weighted by atomic mass is 16.2. The number of benzene rings is 1. The quantitative estimate of drug-likeness (QED) is 0.714. The van der Waals surface area contributed by atoms with Gasteiger partial charge in [0.25, 0.3) is 0 Å². The molecule has 6 heteroatoms. The largest absolute Gasteiger partial charge is 0.334 e. The van der Waals surface area contributed by atoms with Gasteiger partial charge in [-0.25, -0.2) is 14.8 Å². The molecule has 144 valence electrons. The Morgan fingerprint density at radius 2 is 2.04 bits per heavy atom. The van der Waals surface area contributed by atoms with Gasteiger partial charge in [-0.3, -0.25) is 4.57 Å². The number of aryl methyl sites for hydroxylation is 2. The maximum atomic E-state index is 12.4. The topological polar surface area (TPSA) is 71.8 Å². The Kier molecular flexibility index (Phi) is 5.37. The van der Waals surface area contributed by atoms with Crippen LogP contribution in [0.15, 0.2) is 55.2 Å². The minimum Gasteiger partial charge on any atom is -0.334 e. The van der Waals surface area contributed by atoms with Crippen LogP contribution in [0.25, 0.3) is 5.82 Å². The van der Waals surface area contributed by atoms with Crippen LogP contribution in [0.1, 0.15) is 48.1 Å². The number of pyridine rings is 1. The zero-order valence-electron chi connectivity index (χ0n) is 16.1. The average Bonchev–Trinajstić information content (AvgIpc) is 3.27. The molecular formula is C22H25N5O. The number of rotatable bonds is 5. The van der Waals surface area contributed by atoms with Crippen LogP contribution >= 0.6 is 0 Å². The third-order valence-electron chi connectivity index (χ3n) is 5.28. The number of carbonyl (C=O) groups is 1. The second-order valence-electron chi connectivity index (χ2n) is 7.24. The van der Waals surface area contributed by atoms with E-state index < -0.39 is 0 Å². The van der Waals surface area contributed by atoms with Gasteiger partial charge in [-0.15, -0.1) is 0 Å². The molecule has 0 unspecified atom stereocenters. The smallest absolute Gasteiger partial charge is 0.315 e. The summed E-state index contributed by atoms with van der Waals surface area (Å²) in [6.07, 6.45) is 11.8. The van der Waals surface area contributed by atoms with Gasteiger partial charge in [-0.05, 0) is 55.4 Å². The third-order valence-corrected chi connectivity index (χ3v) is 5.28. The molecule has 0 fully saturated rings. The molecule has 1 atom stereocenters. The fraction of sp³-hybridized carbons (Fsp3) is 0.318. The van der Waals surface area contributed by atoms with E-state index in [2.05, 4.69) is 38.8 Å². The maximum Gasteiger partial charge on any atom is 0.315 e. The zero-order valence-corrected chi connectivity index (χ0v) is 16.1. The molecule has 2 heterocycles. The van der Waals surface area contributed by atoms with E-state index in [1.54, 1.807) is 18.7 Å². The second-order valence-corrected chi connectivity index (χ2v) is 7.24. The number of urea groups is 1. The number of hydrogen-bond donors (Lipinski definition) is 2. The van der Waals surface area contributed by atoms with Gasteiger partial charge in [-0.1, -0.05) is 24.3 Å². The Bertz CT molecular complexity index is 951. The Labute approximate surface area is 165 Å². The fourth-order valence-corrected chi connectivity index (χ4v) is 3.71. The van der Waals surface area contributed by atoms with Crippen LogP contribution in [0.3, 0.4) is 0 Å². The number of carbonyl (C=O) groups excluding carboxylic acids is 1. The first-order valence-electron chi connectivity index (χ1n) is 9.79. The number of fused-ring (bicyclic) bond motifs is 1. The standard InChI is InChI=1S/C22H25N5O/c1-16(18-9-8-17-5-2-3-6-19(17)13-18)26-22(28)25-14-20-7-4-10-24-21(20)27-12-11-23-15-27/h4,7-13,15-16H,2-3,5-6,14H2,1H3,(H2,25,26,28)/t16-/m1/s1. The van der Waals surface area contributed by atoms with Crippen molar-refractivity contribution in [2.75, 3.05) is 0 Å². The monoisotopic (exact) mass is 375 g/mol. The van der Waals surface area contributed by atoms with Crippen molar-refractivity contribution in [1.82, 2.24) is 25.2 Å². The molecule has 1 aromatic carbocycles. The summed E-state index contributed by atoms with van der Waals surface area (Å²) in [5.74, 6) is 0.767. The van der Waals surface area contributed by atoms with Gasteiger partial charge >= 0.3 is 6.03 Å². The Morgan fingerprint density at radius 1 is 1.18 bits per heavy atom. The molecule has 0 bridgehead atoms. The lowest BCUT2D eigenvalue weighted by Crippen LogP contribution is -2.36. The number of nitrogens with zero attached hydrogens (tertiary/aromatic N) is 3. The van der Waals surface area contributed by atoms with Crippen LogP contribution < -0.4 is 10.6 Å². The first-order valence-corrected chi connectivity index (χ1v) is 9.79. The highest BCUT2D eigenvalue weighted by molar-refractivity contribution is 5.74. The highest BCUT2D eigenvalue weighted by Gasteiger charge is 2.14. The Balaban J connectivity index is 1.38. The molecule has 2 amide bonds. The number of imidazole rings is 1. The van der Waals surface area contributed by atoms with Gasteiger partial charge in [-0.2, -0.15) is 0 Å². The van der Waals surface area contributed by atoms with Crippen molar-refractivity contribution in [3.8, 4) is 5.82 Å². The van der Waals surface area contributed by atoms with Crippen LogP contribution in [-0.2, 0) is 19.4 Å². The van der Waals surface area contributed by atoms with Crippen molar-refractivity contribution in [1.29, 1.82) is 0 Å². The number of amides is 2. The molecular weight excluding hydrogens is 350 g/mol. The van der Waals surface area contributed by atoms with E-state index in [9.17, 15) is 4.79 Å². The van der Waals surface area contributed by atoms with Gasteiger partial charge in [0.15, 0.2) is 0 Å². The summed E-state index contributed by atoms with van der Waals surface area (Å²) in [7, 11) is 0. The summed E-state index contributed by atoms with van der Waals surface area (Å²) in [4.78, 5) is 20.9. The van der Waals surface area contributed by atoms with Gasteiger partial charge in [0.1, 0.15) is 12.1 Å². The van der Waals surface area contributed by atoms with Crippen molar-refractivity contribution < 1.29 is 4.79 Å². The predicted octanol–water partition coefficient (Wildman–Crippen LogP) is 3.71. The van der Waals surface area contributed by atoms with Crippen molar-refractivity contribution in [2.24, 2.45) is 0 Å². The van der Waals surface area contributed by atoms with E-state index in [0.717, 1.165) is 23.4 Å². The number of aromatic nitrogens is 3. The van der Waals surface area contributed by atoms with Crippen LogP contribution in [0.2, 0.25) is 0 Å². The summed E-state index contributed by atoms with van der Waals surface area (Å²) in [5.41, 5.74) is 4.96. The van der Waals surface area contributed by atoms with Gasteiger partial charge in [0.2, 0.25) is 0 Å². The molecule has 1 aliphatic carbocycles. The molecule has 1 aliphatic rings. The molecule has 0 saturated carbocycles. The van der Waals surface area contributed by atoms with E-state index in [-0.39, 0.29) is 12.1 Å². The summed E-state index contributed by atoms with van der Waals surface area (Å²) >= 11 is 0. The maximum absolute atomic E-state index is 12.4. The summed E-state index contributed by atoms with van der Waals surface area (Å²) in [6, 6.07) is 10.2. The van der Waals surface area contributed by atoms with Crippen LogP contribution in [0, 0.1) is 0 Å². The zero-order chi connectivity index (χ0) is 19.3. The van der Waals surface area contributed by atoms with Crippen molar-refractivity contribution in [3.63, 3.8) is 0 Å². The SMILES string of the molecule is C[C@@H](NC(=O)NCc1cccnc1-n1ccnc1)c1ccc2c(c1)CCCC2. The lowest BCUT2D eigenvalue weighted by atomic mass is 9.89. The van der Waals surface area contributed by atoms with E-state index in [4.69, 9.17) is 0 Å². The van der Waals surface area contributed by atoms with Gasteiger partial charge in [0, 0.05) is 30.7 Å². The lowest BCUT2D eigenvalue weighted by Gasteiger charge is -2.20. The lowest BCUT2D eigenvalue weighted by molar-refractivity contribution is 0.237. The number of hydrogen-bond acceptors (Lipinski definition) is 3. The highest BCUT2D eigenvalue weighted by Crippen LogP contribution is 2.24. The average molecular weight is 375 g/mol. The van der Waals surface area contributed by atoms with Crippen molar-refractivity contribution >= 4 is 6.03 Å². The summed E-state index contributed by atoms with van der Waals surface area (Å²) < 4.78 is 1.84. The molecule has 3 aromatic rings. The predicted molar refractivity (Wildman–Crippen MR) is 108 cm³/mol. The van der Waals surface area contributed by atoms with Crippen LogP contribution in [-0.4, -0.2) is 20.6 Å². The molecule has 0 spiro atoms. The van der Waals surface area contributed by atoms with Crippen molar-refractivity contribution in [2.45, 2.75) is 45.2 Å². The molecule has 2 N–H and O–H groups in total. The van der Waals surface area contributed by atoms with E-state index >= 15 is 0 Å². The van der Waals surface area contributed by atoms with Gasteiger partial charge in [0.05, 0.1) is 6.04 Å². The molecule has 2 aromatic heterocycles. The van der Waals surface area contributed by atoms with Crippen LogP contribution in [0.5, 0.6) is 0 Å². The Morgan fingerprint density at radius 3 is 2.86 bits per heavy atom. The van der Waals surface area contributed by atoms with E-state index in [1.165, 1.54) is 30.4 Å². The summed E-state index contributed by atoms with van der Waals surface area (Å²) in [6.45, 7) is 2.41. The van der Waals surface area contributed by atoms with Gasteiger partial charge < -0.3 is 10.6 Å². The first-order chi connectivity index (χ1) is 13.7. The van der Waals surface area contributed by atoms with E-state index in [0.29, 0.717) is 6.54 Å².